The molecule has 2 heterocycles. The molecule has 6 nitrogen and oxygen atoms in total. The molecule has 1 aliphatic carbocycles. The molecule has 2 aliphatic rings. The van der Waals surface area contributed by atoms with Crippen LogP contribution in [0.25, 0.3) is 0 Å². The van der Waals surface area contributed by atoms with E-state index in [9.17, 15) is 4.79 Å². The molecule has 1 saturated heterocycles. The fourth-order valence-corrected chi connectivity index (χ4v) is 2.35. The highest BCUT2D eigenvalue weighted by Crippen LogP contribution is 2.33. The van der Waals surface area contributed by atoms with E-state index in [1.807, 2.05) is 4.90 Å². The maximum Gasteiger partial charge on any atom is 0.293 e. The van der Waals surface area contributed by atoms with Crippen LogP contribution in [0.2, 0.25) is 0 Å². The van der Waals surface area contributed by atoms with Gasteiger partial charge in [0.2, 0.25) is 0 Å². The highest BCUT2D eigenvalue weighted by atomic mass is 16.4. The Labute approximate surface area is 105 Å². The molecule has 96 valence electrons. The molecule has 1 saturated carbocycles. The van der Waals surface area contributed by atoms with Crippen molar-refractivity contribution < 1.29 is 5.21 Å². The smallest absolute Gasteiger partial charge is 0.293 e. The number of hydrogen-bond donors (Lipinski definition) is 1. The summed E-state index contributed by atoms with van der Waals surface area (Å²) in [5, 5.41) is 12.0. The van der Waals surface area contributed by atoms with Crippen LogP contribution >= 0.6 is 0 Å². The number of aromatic nitrogens is 2. The molecule has 6 heteroatoms. The molecule has 0 atom stereocenters. The summed E-state index contributed by atoms with van der Waals surface area (Å²) in [5.74, 6) is 0.529. The predicted molar refractivity (Wildman–Crippen MR) is 67.4 cm³/mol. The van der Waals surface area contributed by atoms with E-state index in [4.69, 9.17) is 5.21 Å². The van der Waals surface area contributed by atoms with Crippen molar-refractivity contribution in [1.82, 2.24) is 9.55 Å². The van der Waals surface area contributed by atoms with Crippen LogP contribution in [0.15, 0.2) is 22.3 Å². The van der Waals surface area contributed by atoms with Crippen LogP contribution in [0.1, 0.15) is 31.7 Å². The summed E-state index contributed by atoms with van der Waals surface area (Å²) in [7, 11) is 0. The molecule has 0 unspecified atom stereocenters. The first-order valence-electron chi connectivity index (χ1n) is 6.31. The van der Waals surface area contributed by atoms with Crippen molar-refractivity contribution in [3.63, 3.8) is 0 Å². The molecular formula is C12H16N4O2. The maximum absolute atomic E-state index is 12.3. The van der Waals surface area contributed by atoms with Gasteiger partial charge >= 0.3 is 0 Å². The minimum Gasteiger partial charge on any atom is -0.411 e. The van der Waals surface area contributed by atoms with Gasteiger partial charge in [-0.05, 0) is 12.8 Å². The summed E-state index contributed by atoms with van der Waals surface area (Å²) in [6, 6.07) is 0.374. The first-order chi connectivity index (χ1) is 8.79. The van der Waals surface area contributed by atoms with E-state index in [-0.39, 0.29) is 5.56 Å². The van der Waals surface area contributed by atoms with Crippen LogP contribution in [-0.4, -0.2) is 33.6 Å². The average molecular weight is 248 g/mol. The second kappa shape index (κ2) is 4.44. The topological polar surface area (TPSA) is 70.7 Å². The molecule has 0 bridgehead atoms. The molecule has 0 radical (unpaired) electrons. The summed E-state index contributed by atoms with van der Waals surface area (Å²) >= 11 is 0. The zero-order chi connectivity index (χ0) is 12.5. The van der Waals surface area contributed by atoms with E-state index in [2.05, 4.69) is 10.1 Å². The van der Waals surface area contributed by atoms with Crippen LogP contribution in [0, 0.1) is 0 Å². The Morgan fingerprint density at radius 3 is 2.67 bits per heavy atom. The molecule has 18 heavy (non-hydrogen) atoms. The van der Waals surface area contributed by atoms with Crippen molar-refractivity contribution in [2.24, 2.45) is 5.16 Å². The fourth-order valence-electron chi connectivity index (χ4n) is 2.35. The molecule has 0 amide bonds. The standard InChI is InChI=1S/C12H16N4O2/c17-12-11(13-5-8-16(12)10-1-2-10)15-6-3-9(14-18)4-7-15/h5,8,10,18H,1-4,6-7H2. The van der Waals surface area contributed by atoms with Gasteiger partial charge in [-0.25, -0.2) is 4.98 Å². The van der Waals surface area contributed by atoms with Gasteiger partial charge in [-0.15, -0.1) is 0 Å². The summed E-state index contributed by atoms with van der Waals surface area (Å²) in [6.45, 7) is 1.38. The molecular weight excluding hydrogens is 232 g/mol. The zero-order valence-corrected chi connectivity index (χ0v) is 10.1. The predicted octanol–water partition coefficient (Wildman–Crippen LogP) is 1.01. The molecule has 0 spiro atoms. The van der Waals surface area contributed by atoms with Gasteiger partial charge in [-0.1, -0.05) is 5.16 Å². The second-order valence-corrected chi connectivity index (χ2v) is 4.85. The molecule has 3 rings (SSSR count). The van der Waals surface area contributed by atoms with E-state index in [1.54, 1.807) is 17.0 Å². The van der Waals surface area contributed by atoms with Crippen LogP contribution in [-0.2, 0) is 0 Å². The summed E-state index contributed by atoms with van der Waals surface area (Å²) in [4.78, 5) is 18.5. The van der Waals surface area contributed by atoms with Gasteiger partial charge in [-0.3, -0.25) is 4.79 Å². The van der Waals surface area contributed by atoms with E-state index in [1.165, 1.54) is 0 Å². The van der Waals surface area contributed by atoms with E-state index in [0.717, 1.165) is 18.6 Å². The third kappa shape index (κ3) is 1.98. The van der Waals surface area contributed by atoms with Crippen molar-refractivity contribution in [3.8, 4) is 0 Å². The van der Waals surface area contributed by atoms with Crippen LogP contribution in [0.4, 0.5) is 5.82 Å². The van der Waals surface area contributed by atoms with Gasteiger partial charge in [0.25, 0.3) is 5.56 Å². The summed E-state index contributed by atoms with van der Waals surface area (Å²) in [6.07, 6.45) is 7.03. The number of piperidine rings is 1. The number of oxime groups is 1. The van der Waals surface area contributed by atoms with Crippen LogP contribution in [0.5, 0.6) is 0 Å². The number of anilines is 1. The van der Waals surface area contributed by atoms with Crippen molar-refractivity contribution in [2.75, 3.05) is 18.0 Å². The first-order valence-corrected chi connectivity index (χ1v) is 6.31. The third-order valence-electron chi connectivity index (χ3n) is 3.57. The highest BCUT2D eigenvalue weighted by Gasteiger charge is 2.27. The maximum atomic E-state index is 12.3. The van der Waals surface area contributed by atoms with Gasteiger partial charge < -0.3 is 14.7 Å². The lowest BCUT2D eigenvalue weighted by atomic mass is 10.1. The zero-order valence-electron chi connectivity index (χ0n) is 10.1. The van der Waals surface area contributed by atoms with Crippen molar-refractivity contribution >= 4 is 11.5 Å². The van der Waals surface area contributed by atoms with Crippen molar-refractivity contribution in [3.05, 3.63) is 22.7 Å². The Morgan fingerprint density at radius 1 is 1.33 bits per heavy atom. The minimum absolute atomic E-state index is 0.00406. The SMILES string of the molecule is O=c1c(N2CCC(=NO)CC2)nccn1C1CC1. The number of hydrogen-bond acceptors (Lipinski definition) is 5. The second-order valence-electron chi connectivity index (χ2n) is 4.85. The third-order valence-corrected chi connectivity index (χ3v) is 3.57. The Balaban J connectivity index is 1.84. The minimum atomic E-state index is 0.00406. The molecule has 1 aliphatic heterocycles. The van der Waals surface area contributed by atoms with Crippen molar-refractivity contribution in [1.29, 1.82) is 0 Å². The Morgan fingerprint density at radius 2 is 2.06 bits per heavy atom. The van der Waals surface area contributed by atoms with Gasteiger partial charge in [-0.2, -0.15) is 0 Å². The molecule has 2 fully saturated rings. The molecule has 1 aromatic heterocycles. The lowest BCUT2D eigenvalue weighted by molar-refractivity contribution is 0.315. The first kappa shape index (κ1) is 11.3. The monoisotopic (exact) mass is 248 g/mol. The van der Waals surface area contributed by atoms with Crippen LogP contribution in [0.3, 0.4) is 0 Å². The largest absolute Gasteiger partial charge is 0.411 e. The number of rotatable bonds is 2. The Hall–Kier alpha value is -1.85. The van der Waals surface area contributed by atoms with Gasteiger partial charge in [0.05, 0.1) is 5.71 Å². The fraction of sp³-hybridized carbons (Fsp3) is 0.583. The summed E-state index contributed by atoms with van der Waals surface area (Å²) < 4.78 is 1.79. The van der Waals surface area contributed by atoms with Crippen molar-refractivity contribution in [2.45, 2.75) is 31.7 Å². The van der Waals surface area contributed by atoms with Gasteiger partial charge in [0.1, 0.15) is 0 Å². The average Bonchev–Trinajstić information content (AvgIpc) is 3.24. The molecule has 1 N–H and O–H groups in total. The van der Waals surface area contributed by atoms with E-state index >= 15 is 0 Å². The highest BCUT2D eigenvalue weighted by molar-refractivity contribution is 5.85. The van der Waals surface area contributed by atoms with E-state index in [0.29, 0.717) is 37.8 Å². The summed E-state index contributed by atoms with van der Waals surface area (Å²) in [5.41, 5.74) is 0.800. The Kier molecular flexibility index (Phi) is 2.77. The van der Waals surface area contributed by atoms with E-state index < -0.39 is 0 Å². The number of nitrogens with zero attached hydrogens (tertiary/aromatic N) is 4. The Bertz CT molecular complexity index is 523. The van der Waals surface area contributed by atoms with Gasteiger partial charge in [0.15, 0.2) is 5.82 Å². The van der Waals surface area contributed by atoms with Gasteiger partial charge in [0, 0.05) is 44.4 Å². The molecule has 0 aromatic carbocycles. The quantitative estimate of drug-likeness (QED) is 0.626. The lowest BCUT2D eigenvalue weighted by Crippen LogP contribution is -2.39. The molecule has 1 aromatic rings. The van der Waals surface area contributed by atoms with Crippen LogP contribution < -0.4 is 10.5 Å². The lowest BCUT2D eigenvalue weighted by Gasteiger charge is -2.27. The normalized spacial score (nSPS) is 20.0.